The number of hydrogen-bond donors (Lipinski definition) is 3. The standard InChI is InChI=1S/C26H27N3O6/c1-15(27-2)24(30)28-20-14-35-23-7-5-4-6-21(23)29(25(20)31)13-19-18-10-8-17(26(32)33)12-16(18)9-11-22(19)34-3/h4-12,15,20,27H,13-14H2,1-3H3,(H,28,30)(H,32,33). The second-order valence-corrected chi connectivity index (χ2v) is 8.26. The molecule has 4 rings (SSSR count). The quantitative estimate of drug-likeness (QED) is 0.479. The van der Waals surface area contributed by atoms with E-state index in [1.54, 1.807) is 62.4 Å². The Balaban J connectivity index is 1.78. The van der Waals surface area contributed by atoms with Gasteiger partial charge in [-0.15, -0.1) is 0 Å². The molecule has 3 N–H and O–H groups in total. The molecule has 2 unspecified atom stereocenters. The third kappa shape index (κ3) is 4.76. The Bertz CT molecular complexity index is 1290. The van der Waals surface area contributed by atoms with Gasteiger partial charge in [0.05, 0.1) is 30.9 Å². The number of nitrogens with zero attached hydrogens (tertiary/aromatic N) is 1. The Kier molecular flexibility index (Phi) is 6.88. The molecule has 0 saturated heterocycles. The average Bonchev–Trinajstić information content (AvgIpc) is 3.00. The minimum Gasteiger partial charge on any atom is -0.496 e. The van der Waals surface area contributed by atoms with Crippen molar-refractivity contribution in [3.8, 4) is 11.5 Å². The predicted molar refractivity (Wildman–Crippen MR) is 131 cm³/mol. The number of carbonyl (C=O) groups is 3. The lowest BCUT2D eigenvalue weighted by atomic mass is 10.00. The number of nitrogens with one attached hydrogen (secondary N) is 2. The Labute approximate surface area is 202 Å². The molecule has 2 amide bonds. The highest BCUT2D eigenvalue weighted by Crippen LogP contribution is 2.36. The van der Waals surface area contributed by atoms with Crippen LogP contribution in [0.5, 0.6) is 11.5 Å². The second-order valence-electron chi connectivity index (χ2n) is 8.26. The number of methoxy groups -OCH3 is 1. The summed E-state index contributed by atoms with van der Waals surface area (Å²) in [5.41, 5.74) is 1.44. The summed E-state index contributed by atoms with van der Waals surface area (Å²) in [5, 5.41) is 16.5. The van der Waals surface area contributed by atoms with Gasteiger partial charge < -0.3 is 30.1 Å². The van der Waals surface area contributed by atoms with Gasteiger partial charge >= 0.3 is 5.97 Å². The number of carbonyl (C=O) groups excluding carboxylic acids is 2. The SMILES string of the molecule is CNC(C)C(=O)NC1COc2ccccc2N(Cc2c(OC)ccc3cc(C(=O)O)ccc23)C1=O. The maximum absolute atomic E-state index is 13.7. The molecular formula is C26H27N3O6. The molecule has 9 nitrogen and oxygen atoms in total. The van der Waals surface area contributed by atoms with E-state index in [9.17, 15) is 19.5 Å². The summed E-state index contributed by atoms with van der Waals surface area (Å²) in [4.78, 5) is 39.3. The van der Waals surface area contributed by atoms with Crippen molar-refractivity contribution in [1.29, 1.82) is 0 Å². The molecule has 182 valence electrons. The molecule has 0 radical (unpaired) electrons. The molecule has 0 aliphatic carbocycles. The molecule has 2 atom stereocenters. The van der Waals surface area contributed by atoms with Crippen LogP contribution in [0.3, 0.4) is 0 Å². The first kappa shape index (κ1) is 24.0. The lowest BCUT2D eigenvalue weighted by molar-refractivity contribution is -0.129. The molecule has 1 aliphatic heterocycles. The minimum absolute atomic E-state index is 0.0107. The Morgan fingerprint density at radius 3 is 2.69 bits per heavy atom. The molecule has 0 spiro atoms. The van der Waals surface area contributed by atoms with Crippen LogP contribution in [-0.2, 0) is 16.1 Å². The van der Waals surface area contributed by atoms with Crippen LogP contribution in [0, 0.1) is 0 Å². The summed E-state index contributed by atoms with van der Waals surface area (Å²) in [5.74, 6) is -0.587. The van der Waals surface area contributed by atoms with Crippen LogP contribution in [0.15, 0.2) is 54.6 Å². The van der Waals surface area contributed by atoms with Crippen LogP contribution in [-0.4, -0.2) is 55.7 Å². The number of fused-ring (bicyclic) bond motifs is 2. The van der Waals surface area contributed by atoms with Gasteiger partial charge in [0.2, 0.25) is 5.91 Å². The lowest BCUT2D eigenvalue weighted by Gasteiger charge is -2.27. The number of likely N-dealkylation sites (N-methyl/N-ethyl adjacent to an activating group) is 1. The summed E-state index contributed by atoms with van der Waals surface area (Å²) in [7, 11) is 3.21. The van der Waals surface area contributed by atoms with Crippen molar-refractivity contribution in [3.63, 3.8) is 0 Å². The molecule has 1 heterocycles. The number of rotatable bonds is 7. The second kappa shape index (κ2) is 10.0. The molecule has 3 aromatic carbocycles. The molecule has 0 fully saturated rings. The maximum atomic E-state index is 13.7. The van der Waals surface area contributed by atoms with Crippen LogP contribution in [0.25, 0.3) is 10.8 Å². The number of aromatic carboxylic acids is 1. The summed E-state index contributed by atoms with van der Waals surface area (Å²) in [6.07, 6.45) is 0. The smallest absolute Gasteiger partial charge is 0.335 e. The summed E-state index contributed by atoms with van der Waals surface area (Å²) < 4.78 is 11.5. The van der Waals surface area contributed by atoms with Gasteiger partial charge in [-0.05, 0) is 55.1 Å². The number of hydrogen-bond acceptors (Lipinski definition) is 6. The van der Waals surface area contributed by atoms with E-state index >= 15 is 0 Å². The van der Waals surface area contributed by atoms with E-state index < -0.39 is 18.1 Å². The number of benzene rings is 3. The van der Waals surface area contributed by atoms with E-state index in [1.807, 2.05) is 12.1 Å². The molecule has 3 aromatic rings. The van der Waals surface area contributed by atoms with E-state index in [0.717, 1.165) is 5.39 Å². The first-order chi connectivity index (χ1) is 16.8. The van der Waals surface area contributed by atoms with Crippen LogP contribution >= 0.6 is 0 Å². The lowest BCUT2D eigenvalue weighted by Crippen LogP contribution is -2.53. The third-order valence-corrected chi connectivity index (χ3v) is 6.14. The van der Waals surface area contributed by atoms with Gasteiger partial charge in [0.1, 0.15) is 24.1 Å². The maximum Gasteiger partial charge on any atom is 0.335 e. The van der Waals surface area contributed by atoms with Gasteiger partial charge in [0, 0.05) is 5.56 Å². The highest BCUT2D eigenvalue weighted by Gasteiger charge is 2.34. The molecule has 0 aromatic heterocycles. The number of carboxylic acid groups (broad SMARTS) is 1. The van der Waals surface area contributed by atoms with E-state index in [2.05, 4.69) is 10.6 Å². The topological polar surface area (TPSA) is 117 Å². The van der Waals surface area contributed by atoms with Crippen molar-refractivity contribution in [2.75, 3.05) is 25.7 Å². The Hall–Kier alpha value is -4.11. The average molecular weight is 478 g/mol. The van der Waals surface area contributed by atoms with Crippen molar-refractivity contribution in [1.82, 2.24) is 10.6 Å². The fourth-order valence-corrected chi connectivity index (χ4v) is 4.07. The fraction of sp³-hybridized carbons (Fsp3) is 0.269. The van der Waals surface area contributed by atoms with Crippen molar-refractivity contribution in [2.45, 2.75) is 25.6 Å². The van der Waals surface area contributed by atoms with E-state index in [1.165, 1.54) is 6.07 Å². The van der Waals surface area contributed by atoms with Gasteiger partial charge in [0.25, 0.3) is 5.91 Å². The van der Waals surface area contributed by atoms with E-state index in [-0.39, 0.29) is 30.5 Å². The van der Waals surface area contributed by atoms with Crippen molar-refractivity contribution >= 4 is 34.2 Å². The van der Waals surface area contributed by atoms with Crippen molar-refractivity contribution in [3.05, 3.63) is 65.7 Å². The highest BCUT2D eigenvalue weighted by molar-refractivity contribution is 6.02. The molecule has 35 heavy (non-hydrogen) atoms. The molecule has 9 heteroatoms. The first-order valence-electron chi connectivity index (χ1n) is 11.2. The van der Waals surface area contributed by atoms with Gasteiger partial charge in [-0.25, -0.2) is 4.79 Å². The minimum atomic E-state index is -1.02. The molecule has 0 bridgehead atoms. The highest BCUT2D eigenvalue weighted by atomic mass is 16.5. The van der Waals surface area contributed by atoms with Crippen LogP contribution < -0.4 is 25.0 Å². The number of amides is 2. The van der Waals surface area contributed by atoms with E-state index in [0.29, 0.717) is 28.1 Å². The zero-order valence-electron chi connectivity index (χ0n) is 19.7. The molecule has 1 aliphatic rings. The van der Waals surface area contributed by atoms with Gasteiger partial charge in [0.15, 0.2) is 0 Å². The fourth-order valence-electron chi connectivity index (χ4n) is 4.07. The summed E-state index contributed by atoms with van der Waals surface area (Å²) >= 11 is 0. The number of ether oxygens (including phenoxy) is 2. The molecule has 0 saturated carbocycles. The zero-order valence-corrected chi connectivity index (χ0v) is 19.7. The summed E-state index contributed by atoms with van der Waals surface area (Å²) in [6, 6.07) is 14.2. The Morgan fingerprint density at radius 2 is 1.97 bits per heavy atom. The third-order valence-electron chi connectivity index (χ3n) is 6.14. The van der Waals surface area contributed by atoms with E-state index in [4.69, 9.17) is 9.47 Å². The van der Waals surface area contributed by atoms with Crippen molar-refractivity contribution in [2.24, 2.45) is 0 Å². The number of anilines is 1. The van der Waals surface area contributed by atoms with Crippen LogP contribution in [0.4, 0.5) is 5.69 Å². The van der Waals surface area contributed by atoms with Gasteiger partial charge in [-0.1, -0.05) is 24.3 Å². The largest absolute Gasteiger partial charge is 0.496 e. The number of carboxylic acids is 1. The van der Waals surface area contributed by atoms with Crippen LogP contribution in [0.1, 0.15) is 22.8 Å². The predicted octanol–water partition coefficient (Wildman–Crippen LogP) is 2.56. The number of para-hydroxylation sites is 2. The first-order valence-corrected chi connectivity index (χ1v) is 11.2. The normalized spacial score (nSPS) is 16.1. The van der Waals surface area contributed by atoms with Gasteiger partial charge in [-0.2, -0.15) is 0 Å². The summed E-state index contributed by atoms with van der Waals surface area (Å²) in [6.45, 7) is 1.82. The van der Waals surface area contributed by atoms with Crippen LogP contribution in [0.2, 0.25) is 0 Å². The van der Waals surface area contributed by atoms with Gasteiger partial charge in [-0.3, -0.25) is 9.59 Å². The molecular weight excluding hydrogens is 450 g/mol. The zero-order chi connectivity index (χ0) is 25.1. The monoisotopic (exact) mass is 477 g/mol. The Morgan fingerprint density at radius 1 is 1.20 bits per heavy atom. The van der Waals surface area contributed by atoms with Crippen molar-refractivity contribution < 1.29 is 29.0 Å².